The third kappa shape index (κ3) is 3.57. The first-order valence-electron chi connectivity index (χ1n) is 12.5. The zero-order valence-electron chi connectivity index (χ0n) is 20.6. The molecule has 0 aliphatic carbocycles. The Morgan fingerprint density at radius 1 is 0.900 bits per heavy atom. The molecular weight excluding hydrogens is 527 g/mol. The third-order valence-corrected chi connectivity index (χ3v) is 7.80. The van der Waals surface area contributed by atoms with Crippen molar-refractivity contribution in [1.29, 1.82) is 0 Å². The minimum atomic E-state index is -4.59. The van der Waals surface area contributed by atoms with Crippen molar-refractivity contribution in [2.75, 3.05) is 17.0 Å². The average molecular weight is 547 g/mol. The summed E-state index contributed by atoms with van der Waals surface area (Å²) in [6, 6.07) is 14.6. The summed E-state index contributed by atoms with van der Waals surface area (Å²) in [5, 5.41) is 2.56. The number of nitrogens with one attached hydrogen (secondary N) is 1. The number of benzene rings is 3. The zero-order valence-corrected chi connectivity index (χ0v) is 20.6. The van der Waals surface area contributed by atoms with Crippen LogP contribution in [0.5, 0.6) is 11.5 Å². The van der Waals surface area contributed by atoms with Gasteiger partial charge in [0, 0.05) is 18.0 Å². The minimum Gasteiger partial charge on any atom is -0.454 e. The van der Waals surface area contributed by atoms with E-state index in [0.717, 1.165) is 28.2 Å². The molecule has 4 aliphatic heterocycles. The number of anilines is 2. The highest BCUT2D eigenvalue weighted by Crippen LogP contribution is 2.53. The van der Waals surface area contributed by atoms with Gasteiger partial charge < -0.3 is 19.7 Å². The summed E-state index contributed by atoms with van der Waals surface area (Å²) >= 11 is 0. The number of hydrogen-bond acceptors (Lipinski definition) is 6. The van der Waals surface area contributed by atoms with Gasteiger partial charge in [-0.3, -0.25) is 14.4 Å². The number of ether oxygens (including phenoxy) is 2. The third-order valence-electron chi connectivity index (χ3n) is 7.80. The highest BCUT2D eigenvalue weighted by atomic mass is 19.4. The molecule has 4 atom stereocenters. The highest BCUT2D eigenvalue weighted by Gasteiger charge is 2.64. The lowest BCUT2D eigenvalue weighted by molar-refractivity contribution is -0.137. The van der Waals surface area contributed by atoms with Crippen LogP contribution < -0.4 is 19.7 Å². The Balaban J connectivity index is 1.29. The van der Waals surface area contributed by atoms with E-state index in [4.69, 9.17) is 9.47 Å². The second-order valence-electron chi connectivity index (χ2n) is 9.95. The molecule has 1 N–H and O–H groups in total. The summed E-state index contributed by atoms with van der Waals surface area (Å²) in [6.07, 6.45) is -1.13. The number of nitrogens with zero attached hydrogens (tertiary/aromatic N) is 2. The van der Waals surface area contributed by atoms with Crippen molar-refractivity contribution < 1.29 is 37.0 Å². The van der Waals surface area contributed by atoms with Crippen molar-refractivity contribution in [3.63, 3.8) is 0 Å². The zero-order chi connectivity index (χ0) is 27.8. The Morgan fingerprint density at radius 2 is 1.68 bits per heavy atom. The molecule has 3 aromatic carbocycles. The molecule has 3 aromatic rings. The molecule has 0 saturated carbocycles. The SMILES string of the molecule is O=C(Nc1cccc(C(F)(F)F)c1)C1C2C(=O)N(c3ccc4c(c3)OCO4)C(=O)C2C2c3ccccc3C=CN12. The van der Waals surface area contributed by atoms with E-state index in [1.165, 1.54) is 12.1 Å². The van der Waals surface area contributed by atoms with Crippen LogP contribution in [-0.2, 0) is 20.6 Å². The molecule has 0 bridgehead atoms. The maximum atomic E-state index is 14.0. The van der Waals surface area contributed by atoms with E-state index in [-0.39, 0.29) is 18.2 Å². The fourth-order valence-corrected chi connectivity index (χ4v) is 6.13. The van der Waals surface area contributed by atoms with Crippen molar-refractivity contribution in [2.45, 2.75) is 18.3 Å². The molecule has 2 saturated heterocycles. The van der Waals surface area contributed by atoms with Gasteiger partial charge >= 0.3 is 6.18 Å². The fraction of sp³-hybridized carbons (Fsp3) is 0.207. The quantitative estimate of drug-likeness (QED) is 0.483. The number of halogens is 3. The lowest BCUT2D eigenvalue weighted by Gasteiger charge is -2.35. The van der Waals surface area contributed by atoms with Gasteiger partial charge in [0.25, 0.3) is 0 Å². The summed E-state index contributed by atoms with van der Waals surface area (Å²) < 4.78 is 50.6. The van der Waals surface area contributed by atoms with E-state index in [1.54, 1.807) is 35.4 Å². The van der Waals surface area contributed by atoms with E-state index in [9.17, 15) is 27.6 Å². The number of carbonyl (C=O) groups excluding carboxylic acids is 3. The summed E-state index contributed by atoms with van der Waals surface area (Å²) in [4.78, 5) is 44.4. The van der Waals surface area contributed by atoms with Crippen LogP contribution in [0.2, 0.25) is 0 Å². The molecule has 2 fully saturated rings. The molecule has 4 heterocycles. The number of alkyl halides is 3. The molecule has 3 amide bonds. The monoisotopic (exact) mass is 547 g/mol. The second-order valence-corrected chi connectivity index (χ2v) is 9.95. The predicted octanol–water partition coefficient (Wildman–Crippen LogP) is 4.59. The molecule has 40 heavy (non-hydrogen) atoms. The Morgan fingerprint density at radius 3 is 2.50 bits per heavy atom. The molecule has 0 spiro atoms. The molecule has 0 aromatic heterocycles. The average Bonchev–Trinajstić information content (AvgIpc) is 3.61. The van der Waals surface area contributed by atoms with Gasteiger partial charge in [0.05, 0.1) is 29.1 Å². The highest BCUT2D eigenvalue weighted by molar-refractivity contribution is 6.24. The van der Waals surface area contributed by atoms with Crippen LogP contribution >= 0.6 is 0 Å². The van der Waals surface area contributed by atoms with E-state index < -0.39 is 53.4 Å². The first-order chi connectivity index (χ1) is 19.2. The Bertz CT molecular complexity index is 1620. The van der Waals surface area contributed by atoms with Crippen molar-refractivity contribution in [1.82, 2.24) is 4.90 Å². The Labute approximate surface area is 225 Å². The molecule has 8 nitrogen and oxygen atoms in total. The summed E-state index contributed by atoms with van der Waals surface area (Å²) in [5.74, 6) is -2.83. The van der Waals surface area contributed by atoms with Crippen LogP contribution in [0, 0.1) is 11.8 Å². The standard InChI is InChI=1S/C29H20F3N3O5/c30-29(31,32)16-5-3-6-17(12-16)33-26(36)25-23-22(24-19-7-2-1-4-15(19)10-11-34(24)25)27(37)35(28(23)38)18-8-9-20-21(13-18)40-14-39-20/h1-13,22-25H,14H2,(H,33,36). The smallest absolute Gasteiger partial charge is 0.416 e. The second kappa shape index (κ2) is 8.60. The first-order valence-corrected chi connectivity index (χ1v) is 12.5. The van der Waals surface area contributed by atoms with Crippen molar-refractivity contribution in [3.8, 4) is 11.5 Å². The lowest BCUT2D eigenvalue weighted by Crippen LogP contribution is -2.46. The fourth-order valence-electron chi connectivity index (χ4n) is 6.13. The molecule has 11 heteroatoms. The maximum Gasteiger partial charge on any atom is 0.416 e. The number of rotatable bonds is 3. The number of amides is 3. The van der Waals surface area contributed by atoms with Crippen LogP contribution in [0.1, 0.15) is 22.7 Å². The number of carbonyl (C=O) groups is 3. The summed E-state index contributed by atoms with van der Waals surface area (Å²) in [6.45, 7) is 0.0177. The van der Waals surface area contributed by atoms with Crippen LogP contribution in [0.4, 0.5) is 24.5 Å². The number of imide groups is 1. The minimum absolute atomic E-state index is 0.0177. The molecular formula is C29H20F3N3O5. The van der Waals surface area contributed by atoms with Gasteiger partial charge in [-0.1, -0.05) is 30.3 Å². The molecule has 4 unspecified atom stereocenters. The van der Waals surface area contributed by atoms with Crippen LogP contribution in [-0.4, -0.2) is 35.5 Å². The van der Waals surface area contributed by atoms with Gasteiger partial charge in [0.2, 0.25) is 24.5 Å². The van der Waals surface area contributed by atoms with Crippen LogP contribution in [0.25, 0.3) is 6.08 Å². The van der Waals surface area contributed by atoms with Gasteiger partial charge in [-0.2, -0.15) is 13.2 Å². The lowest BCUT2D eigenvalue weighted by atomic mass is 9.84. The first kappa shape index (κ1) is 24.3. The Kier molecular flexibility index (Phi) is 5.22. The van der Waals surface area contributed by atoms with Crippen molar-refractivity contribution >= 4 is 35.2 Å². The van der Waals surface area contributed by atoms with E-state index in [2.05, 4.69) is 5.32 Å². The maximum absolute atomic E-state index is 14.0. The number of hydrogen-bond donors (Lipinski definition) is 1. The largest absolute Gasteiger partial charge is 0.454 e. The molecule has 0 radical (unpaired) electrons. The topological polar surface area (TPSA) is 88.2 Å². The van der Waals surface area contributed by atoms with E-state index in [1.807, 2.05) is 24.3 Å². The van der Waals surface area contributed by atoms with E-state index >= 15 is 0 Å². The van der Waals surface area contributed by atoms with Crippen molar-refractivity contribution in [2.24, 2.45) is 11.8 Å². The number of fused-ring (bicyclic) bond motifs is 6. The molecule has 4 aliphatic rings. The predicted molar refractivity (Wildman–Crippen MR) is 136 cm³/mol. The Hall–Kier alpha value is -4.80. The van der Waals surface area contributed by atoms with Gasteiger partial charge in [0.15, 0.2) is 11.5 Å². The van der Waals surface area contributed by atoms with Crippen LogP contribution in [0.15, 0.2) is 72.9 Å². The van der Waals surface area contributed by atoms with E-state index in [0.29, 0.717) is 11.5 Å². The van der Waals surface area contributed by atoms with Gasteiger partial charge in [-0.25, -0.2) is 4.90 Å². The van der Waals surface area contributed by atoms with Crippen LogP contribution in [0.3, 0.4) is 0 Å². The van der Waals surface area contributed by atoms with Crippen molar-refractivity contribution in [3.05, 3.63) is 89.6 Å². The molecule has 202 valence electrons. The normalized spacial score (nSPS) is 24.2. The summed E-state index contributed by atoms with van der Waals surface area (Å²) in [5.41, 5.74) is 0.939. The van der Waals surface area contributed by atoms with Gasteiger partial charge in [-0.15, -0.1) is 0 Å². The van der Waals surface area contributed by atoms with Gasteiger partial charge in [0.1, 0.15) is 6.04 Å². The summed E-state index contributed by atoms with van der Waals surface area (Å²) in [7, 11) is 0. The van der Waals surface area contributed by atoms with Gasteiger partial charge in [-0.05, 0) is 47.5 Å². The molecule has 7 rings (SSSR count).